The minimum absolute atomic E-state index is 0.0520. The van der Waals surface area contributed by atoms with Crippen LogP contribution in [-0.2, 0) is 16.1 Å². The van der Waals surface area contributed by atoms with E-state index in [0.717, 1.165) is 47.2 Å². The van der Waals surface area contributed by atoms with Gasteiger partial charge in [0.2, 0.25) is 5.91 Å². The molecular formula is C24H23F3N4O4S. The zero-order valence-electron chi connectivity index (χ0n) is 18.9. The Morgan fingerprint density at radius 3 is 2.67 bits per heavy atom. The van der Waals surface area contributed by atoms with E-state index in [1.807, 2.05) is 41.8 Å². The lowest BCUT2D eigenvalue weighted by Crippen LogP contribution is -2.41. The Labute approximate surface area is 206 Å². The molecule has 1 aliphatic rings. The number of carboxylic acid groups (broad SMARTS) is 1. The smallest absolute Gasteiger partial charge is 0.475 e. The molecule has 1 fully saturated rings. The summed E-state index contributed by atoms with van der Waals surface area (Å²) >= 11 is 1.53. The number of nitrogens with zero attached hydrogens (tertiary/aromatic N) is 2. The Kier molecular flexibility index (Phi) is 7.43. The number of hydrogen-bond acceptors (Lipinski definition) is 5. The van der Waals surface area contributed by atoms with Gasteiger partial charge in [0.1, 0.15) is 12.4 Å². The van der Waals surface area contributed by atoms with Crippen LogP contribution in [0.5, 0.6) is 0 Å². The molecule has 3 N–H and O–H groups in total. The highest BCUT2D eigenvalue weighted by Gasteiger charge is 2.38. The van der Waals surface area contributed by atoms with Gasteiger partial charge in [0.25, 0.3) is 5.56 Å². The fraction of sp³-hybridized carbons (Fsp3) is 0.333. The van der Waals surface area contributed by atoms with Crippen LogP contribution in [0.1, 0.15) is 37.4 Å². The predicted molar refractivity (Wildman–Crippen MR) is 129 cm³/mol. The number of benzene rings is 1. The third-order valence-electron chi connectivity index (χ3n) is 5.98. The maximum absolute atomic E-state index is 12.6. The fourth-order valence-electron chi connectivity index (χ4n) is 4.29. The molecule has 4 aromatic rings. The van der Waals surface area contributed by atoms with E-state index in [1.165, 1.54) is 15.9 Å². The Balaban J connectivity index is 0.000000384. The van der Waals surface area contributed by atoms with Crippen LogP contribution in [0.3, 0.4) is 0 Å². The van der Waals surface area contributed by atoms with Gasteiger partial charge in [-0.05, 0) is 48.9 Å². The van der Waals surface area contributed by atoms with Crippen molar-refractivity contribution in [1.82, 2.24) is 19.9 Å². The number of H-pyrrole nitrogens is 1. The highest BCUT2D eigenvalue weighted by atomic mass is 32.1. The number of amides is 1. The maximum Gasteiger partial charge on any atom is 0.490 e. The van der Waals surface area contributed by atoms with E-state index < -0.39 is 12.1 Å². The van der Waals surface area contributed by atoms with Crippen LogP contribution in [0.4, 0.5) is 13.2 Å². The minimum atomic E-state index is -5.08. The second kappa shape index (κ2) is 10.5. The van der Waals surface area contributed by atoms with Crippen LogP contribution in [0.2, 0.25) is 0 Å². The lowest BCUT2D eigenvalue weighted by Gasteiger charge is -2.28. The number of carbonyl (C=O) groups is 2. The van der Waals surface area contributed by atoms with Gasteiger partial charge in [0.05, 0.1) is 16.4 Å². The first-order valence-electron chi connectivity index (χ1n) is 11.2. The van der Waals surface area contributed by atoms with E-state index in [1.54, 1.807) is 6.20 Å². The number of hydrogen-bond donors (Lipinski definition) is 3. The molecule has 2 unspecified atom stereocenters. The average Bonchev–Trinajstić information content (AvgIpc) is 3.48. The van der Waals surface area contributed by atoms with Crippen LogP contribution in [-0.4, -0.2) is 43.7 Å². The van der Waals surface area contributed by atoms with Gasteiger partial charge >= 0.3 is 12.1 Å². The number of halogens is 3. The van der Waals surface area contributed by atoms with Crippen LogP contribution in [0.25, 0.3) is 21.1 Å². The number of aromatic amines is 1. The molecule has 1 aliphatic carbocycles. The molecule has 2 atom stereocenters. The summed E-state index contributed by atoms with van der Waals surface area (Å²) in [7, 11) is 0. The molecule has 0 bridgehead atoms. The number of carbonyl (C=O) groups excluding carboxylic acids is 1. The van der Waals surface area contributed by atoms with Gasteiger partial charge in [-0.1, -0.05) is 18.6 Å². The minimum Gasteiger partial charge on any atom is -0.475 e. The summed E-state index contributed by atoms with van der Waals surface area (Å²) < 4.78 is 34.2. The molecule has 36 heavy (non-hydrogen) atoms. The number of rotatable bonds is 4. The van der Waals surface area contributed by atoms with Gasteiger partial charge in [0, 0.05) is 22.9 Å². The summed E-state index contributed by atoms with van der Waals surface area (Å²) in [6.45, 7) is 0.0520. The van der Waals surface area contributed by atoms with E-state index >= 15 is 0 Å². The molecule has 12 heteroatoms. The second-order valence-corrected chi connectivity index (χ2v) is 9.47. The predicted octanol–water partition coefficient (Wildman–Crippen LogP) is 4.42. The SMILES string of the molecule is O=C(Cn1ccc2sccc2c1=O)NC1CCCC(c2nc3ccccc3[nH]2)C1.O=C(O)C(F)(F)F. The van der Waals surface area contributed by atoms with Crippen molar-refractivity contribution in [2.45, 2.75) is 50.4 Å². The maximum atomic E-state index is 12.6. The van der Waals surface area contributed by atoms with E-state index in [-0.39, 0.29) is 24.1 Å². The fourth-order valence-corrected chi connectivity index (χ4v) is 5.07. The van der Waals surface area contributed by atoms with Crippen molar-refractivity contribution in [3.05, 3.63) is 64.2 Å². The molecule has 1 amide bonds. The molecule has 190 valence electrons. The van der Waals surface area contributed by atoms with Crippen molar-refractivity contribution in [2.75, 3.05) is 0 Å². The molecule has 3 aromatic heterocycles. The van der Waals surface area contributed by atoms with Crippen molar-refractivity contribution in [2.24, 2.45) is 0 Å². The van der Waals surface area contributed by atoms with Gasteiger partial charge in [-0.3, -0.25) is 9.59 Å². The summed E-state index contributed by atoms with van der Waals surface area (Å²) in [6.07, 6.45) is 0.567. The first-order chi connectivity index (χ1) is 17.1. The Hall–Kier alpha value is -3.67. The summed E-state index contributed by atoms with van der Waals surface area (Å²) in [5.74, 6) is -1.56. The highest BCUT2D eigenvalue weighted by Crippen LogP contribution is 2.32. The zero-order chi connectivity index (χ0) is 25.9. The average molecular weight is 521 g/mol. The van der Waals surface area contributed by atoms with Gasteiger partial charge in [-0.15, -0.1) is 11.3 Å². The first-order valence-corrected chi connectivity index (χ1v) is 12.1. The number of fused-ring (bicyclic) bond motifs is 2. The molecule has 0 radical (unpaired) electrons. The van der Waals surface area contributed by atoms with Gasteiger partial charge in [0.15, 0.2) is 0 Å². The third-order valence-corrected chi connectivity index (χ3v) is 6.86. The number of carboxylic acids is 1. The number of alkyl halides is 3. The number of aromatic nitrogens is 3. The van der Waals surface area contributed by atoms with Crippen molar-refractivity contribution in [3.8, 4) is 0 Å². The summed E-state index contributed by atoms with van der Waals surface area (Å²) in [5.41, 5.74) is 1.93. The number of pyridine rings is 1. The van der Waals surface area contributed by atoms with E-state index in [0.29, 0.717) is 11.3 Å². The molecule has 0 spiro atoms. The monoisotopic (exact) mass is 520 g/mol. The number of para-hydroxylation sites is 2. The number of imidazole rings is 1. The first kappa shape index (κ1) is 25.4. The molecule has 3 heterocycles. The standard InChI is InChI=1S/C22H22N4O2S.C2HF3O2/c27-20(13-26-10-8-19-16(22(26)28)9-11-29-19)23-15-5-3-4-14(12-15)21-24-17-6-1-2-7-18(17)25-21;3-2(4,5)1(6)7/h1-2,6-11,14-15H,3-5,12-13H2,(H,23,27)(H,24,25);(H,6,7). The normalized spacial score (nSPS) is 18.0. The van der Waals surface area contributed by atoms with Crippen molar-refractivity contribution < 1.29 is 27.9 Å². The number of nitrogens with one attached hydrogen (secondary N) is 2. The van der Waals surface area contributed by atoms with Crippen molar-refractivity contribution in [3.63, 3.8) is 0 Å². The second-order valence-electron chi connectivity index (χ2n) is 8.52. The van der Waals surface area contributed by atoms with Gasteiger partial charge in [-0.25, -0.2) is 9.78 Å². The van der Waals surface area contributed by atoms with Crippen LogP contribution >= 0.6 is 11.3 Å². The highest BCUT2D eigenvalue weighted by molar-refractivity contribution is 7.17. The topological polar surface area (TPSA) is 117 Å². The number of aliphatic carboxylic acids is 1. The van der Waals surface area contributed by atoms with Crippen molar-refractivity contribution in [1.29, 1.82) is 0 Å². The van der Waals surface area contributed by atoms with E-state index in [9.17, 15) is 22.8 Å². The van der Waals surface area contributed by atoms with Gasteiger partial charge < -0.3 is 20.0 Å². The van der Waals surface area contributed by atoms with Crippen molar-refractivity contribution >= 4 is 44.3 Å². The van der Waals surface area contributed by atoms with Crippen LogP contribution < -0.4 is 10.9 Å². The Bertz CT molecular complexity index is 1410. The van der Waals surface area contributed by atoms with Crippen LogP contribution in [0, 0.1) is 0 Å². The molecule has 0 aliphatic heterocycles. The lowest BCUT2D eigenvalue weighted by molar-refractivity contribution is -0.192. The van der Waals surface area contributed by atoms with E-state index in [2.05, 4.69) is 10.3 Å². The summed E-state index contributed by atoms with van der Waals surface area (Å²) in [5, 5.41) is 12.8. The quantitative estimate of drug-likeness (QED) is 0.368. The Morgan fingerprint density at radius 1 is 1.19 bits per heavy atom. The zero-order valence-corrected chi connectivity index (χ0v) is 19.7. The summed E-state index contributed by atoms with van der Waals surface area (Å²) in [4.78, 5) is 42.2. The molecule has 1 saturated carbocycles. The molecule has 0 saturated heterocycles. The molecule has 5 rings (SSSR count). The molecule has 1 aromatic carbocycles. The largest absolute Gasteiger partial charge is 0.490 e. The lowest BCUT2D eigenvalue weighted by atomic mass is 9.85. The summed E-state index contributed by atoms with van der Waals surface area (Å²) in [6, 6.07) is 11.9. The van der Waals surface area contributed by atoms with E-state index in [4.69, 9.17) is 14.9 Å². The molecule has 8 nitrogen and oxygen atoms in total. The van der Waals surface area contributed by atoms with Crippen LogP contribution in [0.15, 0.2) is 52.8 Å². The van der Waals surface area contributed by atoms with Gasteiger partial charge in [-0.2, -0.15) is 13.2 Å². The Morgan fingerprint density at radius 2 is 1.94 bits per heavy atom. The third kappa shape index (κ3) is 5.93. The molecular weight excluding hydrogens is 497 g/mol. The number of thiophene rings is 1.